The number of carbonyl (C=O) groups is 1. The van der Waals surface area contributed by atoms with E-state index in [-0.39, 0.29) is 11.7 Å². The molecule has 4 aromatic rings. The maximum Gasteiger partial charge on any atom is 0.252 e. The third-order valence-electron chi connectivity index (χ3n) is 6.60. The number of nitrogens with zero attached hydrogens (tertiary/aromatic N) is 3. The van der Waals surface area contributed by atoms with Gasteiger partial charge in [-0.1, -0.05) is 18.2 Å². The topological polar surface area (TPSA) is 94.5 Å². The van der Waals surface area contributed by atoms with E-state index in [1.807, 2.05) is 48.3 Å². The van der Waals surface area contributed by atoms with Crippen molar-refractivity contribution in [3.8, 4) is 11.4 Å². The molecule has 4 N–H and O–H groups in total. The van der Waals surface area contributed by atoms with Crippen molar-refractivity contribution in [2.75, 3.05) is 42.9 Å². The lowest BCUT2D eigenvalue weighted by Crippen LogP contribution is -2.43. The standard InChI is InChI=1S/C29H32N6O2/c1-21-19-32-28(33-24-6-8-25(9-7-24)34-16-13-30-14-17-34)18-26(21)35-15-11-23(20-35)29(37)31-12-10-22-4-2-3-5-27(22)36/h2-9,11,15,18-20,30,36H,10,12-14,16-17H2,1H3,(H,31,37)(H,32,33). The number of amides is 1. The van der Waals surface area contributed by atoms with E-state index in [1.54, 1.807) is 18.2 Å². The molecule has 1 amide bonds. The zero-order valence-corrected chi connectivity index (χ0v) is 20.9. The summed E-state index contributed by atoms with van der Waals surface area (Å²) in [6.45, 7) is 6.50. The second-order valence-electron chi connectivity index (χ2n) is 9.21. The number of piperazine rings is 1. The third-order valence-corrected chi connectivity index (χ3v) is 6.60. The van der Waals surface area contributed by atoms with Crippen LogP contribution in [0.25, 0.3) is 5.69 Å². The van der Waals surface area contributed by atoms with Crippen molar-refractivity contribution in [1.29, 1.82) is 0 Å². The molecule has 3 heterocycles. The number of benzene rings is 2. The number of aromatic hydroxyl groups is 1. The van der Waals surface area contributed by atoms with Gasteiger partial charge in [-0.3, -0.25) is 4.79 Å². The van der Waals surface area contributed by atoms with Gasteiger partial charge in [0.1, 0.15) is 11.6 Å². The first-order valence-corrected chi connectivity index (χ1v) is 12.6. The summed E-state index contributed by atoms with van der Waals surface area (Å²) in [5, 5.41) is 19.6. The van der Waals surface area contributed by atoms with Crippen LogP contribution in [0.2, 0.25) is 0 Å². The molecule has 1 aliphatic rings. The van der Waals surface area contributed by atoms with Gasteiger partial charge in [0, 0.05) is 68.8 Å². The lowest BCUT2D eigenvalue weighted by molar-refractivity contribution is 0.0954. The predicted octanol–water partition coefficient (Wildman–Crippen LogP) is 4.01. The van der Waals surface area contributed by atoms with Gasteiger partial charge in [0.05, 0.1) is 11.3 Å². The van der Waals surface area contributed by atoms with Crippen LogP contribution in [0.1, 0.15) is 21.5 Å². The van der Waals surface area contributed by atoms with Crippen molar-refractivity contribution in [3.63, 3.8) is 0 Å². The molecule has 2 aromatic carbocycles. The molecule has 0 saturated carbocycles. The molecule has 1 fully saturated rings. The van der Waals surface area contributed by atoms with Crippen molar-refractivity contribution in [2.24, 2.45) is 0 Å². The third kappa shape index (κ3) is 5.92. The minimum absolute atomic E-state index is 0.149. The highest BCUT2D eigenvalue weighted by Gasteiger charge is 2.12. The molecule has 0 bridgehead atoms. The van der Waals surface area contributed by atoms with Crippen LogP contribution in [0.3, 0.4) is 0 Å². The second kappa shape index (κ2) is 11.2. The maximum absolute atomic E-state index is 12.7. The van der Waals surface area contributed by atoms with Crippen LogP contribution < -0.4 is 20.9 Å². The fraction of sp³-hybridized carbons (Fsp3) is 0.241. The van der Waals surface area contributed by atoms with Crippen molar-refractivity contribution >= 4 is 23.1 Å². The van der Waals surface area contributed by atoms with Gasteiger partial charge in [0.15, 0.2) is 0 Å². The minimum Gasteiger partial charge on any atom is -0.508 e. The van der Waals surface area contributed by atoms with Gasteiger partial charge in [0.25, 0.3) is 5.91 Å². The van der Waals surface area contributed by atoms with E-state index in [9.17, 15) is 9.90 Å². The molecule has 0 radical (unpaired) electrons. The molecule has 0 atom stereocenters. The number of carbonyl (C=O) groups excluding carboxylic acids is 1. The van der Waals surface area contributed by atoms with Gasteiger partial charge in [0.2, 0.25) is 0 Å². The largest absolute Gasteiger partial charge is 0.508 e. The number of pyridine rings is 1. The summed E-state index contributed by atoms with van der Waals surface area (Å²) in [5.41, 5.74) is 5.53. The number of hydrogen-bond donors (Lipinski definition) is 4. The summed E-state index contributed by atoms with van der Waals surface area (Å²) in [6.07, 6.45) is 6.10. The molecular weight excluding hydrogens is 464 g/mol. The summed E-state index contributed by atoms with van der Waals surface area (Å²) >= 11 is 0. The number of aryl methyl sites for hydroxylation is 1. The first-order valence-electron chi connectivity index (χ1n) is 12.6. The molecule has 1 aliphatic heterocycles. The Balaban J connectivity index is 1.22. The smallest absolute Gasteiger partial charge is 0.252 e. The SMILES string of the molecule is Cc1cnc(Nc2ccc(N3CCNCC3)cc2)cc1-n1ccc(C(=O)NCCc2ccccc2O)c1. The fourth-order valence-electron chi connectivity index (χ4n) is 4.50. The van der Waals surface area contributed by atoms with Crippen molar-refractivity contribution in [2.45, 2.75) is 13.3 Å². The molecule has 2 aromatic heterocycles. The average Bonchev–Trinajstić information content (AvgIpc) is 3.42. The van der Waals surface area contributed by atoms with Crippen LogP contribution in [0, 0.1) is 6.92 Å². The van der Waals surface area contributed by atoms with Gasteiger partial charge < -0.3 is 30.5 Å². The van der Waals surface area contributed by atoms with Crippen LogP contribution >= 0.6 is 0 Å². The van der Waals surface area contributed by atoms with Crippen LogP contribution in [0.5, 0.6) is 5.75 Å². The van der Waals surface area contributed by atoms with Crippen LogP contribution in [0.4, 0.5) is 17.2 Å². The molecular formula is C29H32N6O2. The monoisotopic (exact) mass is 496 g/mol. The van der Waals surface area contributed by atoms with E-state index in [4.69, 9.17) is 0 Å². The van der Waals surface area contributed by atoms with E-state index in [0.29, 0.717) is 18.5 Å². The normalized spacial score (nSPS) is 13.4. The number of para-hydroxylation sites is 1. The fourth-order valence-corrected chi connectivity index (χ4v) is 4.50. The summed E-state index contributed by atoms with van der Waals surface area (Å²) in [5.74, 6) is 0.831. The number of phenols is 1. The number of aromatic nitrogens is 2. The Labute approximate surface area is 217 Å². The zero-order chi connectivity index (χ0) is 25.6. The van der Waals surface area contributed by atoms with Crippen LogP contribution in [-0.4, -0.2) is 53.3 Å². The number of hydrogen-bond acceptors (Lipinski definition) is 6. The number of nitrogens with one attached hydrogen (secondary N) is 3. The molecule has 0 spiro atoms. The summed E-state index contributed by atoms with van der Waals surface area (Å²) in [7, 11) is 0. The lowest BCUT2D eigenvalue weighted by Gasteiger charge is -2.29. The Hall–Kier alpha value is -4.30. The van der Waals surface area contributed by atoms with Gasteiger partial charge in [-0.15, -0.1) is 0 Å². The van der Waals surface area contributed by atoms with E-state index >= 15 is 0 Å². The van der Waals surface area contributed by atoms with Crippen LogP contribution in [0.15, 0.2) is 79.3 Å². The Morgan fingerprint density at radius 2 is 1.86 bits per heavy atom. The quantitative estimate of drug-likeness (QED) is 0.295. The summed E-state index contributed by atoms with van der Waals surface area (Å²) in [4.78, 5) is 19.6. The lowest BCUT2D eigenvalue weighted by atomic mass is 10.1. The van der Waals surface area contributed by atoms with E-state index in [0.717, 1.165) is 54.5 Å². The molecule has 0 unspecified atom stereocenters. The number of phenolic OH excluding ortho intramolecular Hbond substituents is 1. The Morgan fingerprint density at radius 3 is 2.65 bits per heavy atom. The average molecular weight is 497 g/mol. The van der Waals surface area contributed by atoms with Gasteiger partial charge in [-0.2, -0.15) is 0 Å². The highest BCUT2D eigenvalue weighted by atomic mass is 16.3. The second-order valence-corrected chi connectivity index (χ2v) is 9.21. The number of rotatable bonds is 8. The maximum atomic E-state index is 12.7. The van der Waals surface area contributed by atoms with E-state index in [2.05, 4.69) is 50.1 Å². The molecule has 37 heavy (non-hydrogen) atoms. The predicted molar refractivity (Wildman–Crippen MR) is 147 cm³/mol. The summed E-state index contributed by atoms with van der Waals surface area (Å²) in [6, 6.07) is 19.4. The first kappa shape index (κ1) is 24.4. The molecule has 190 valence electrons. The zero-order valence-electron chi connectivity index (χ0n) is 20.9. The minimum atomic E-state index is -0.149. The van der Waals surface area contributed by atoms with Gasteiger partial charge >= 0.3 is 0 Å². The van der Waals surface area contributed by atoms with Crippen molar-refractivity contribution in [3.05, 3.63) is 95.9 Å². The van der Waals surface area contributed by atoms with Crippen molar-refractivity contribution in [1.82, 2.24) is 20.2 Å². The molecule has 1 saturated heterocycles. The highest BCUT2D eigenvalue weighted by molar-refractivity contribution is 5.94. The van der Waals surface area contributed by atoms with Gasteiger partial charge in [-0.25, -0.2) is 4.98 Å². The first-order chi connectivity index (χ1) is 18.1. The van der Waals surface area contributed by atoms with E-state index < -0.39 is 0 Å². The Kier molecular flexibility index (Phi) is 7.37. The van der Waals surface area contributed by atoms with Crippen LogP contribution in [-0.2, 0) is 6.42 Å². The molecule has 5 rings (SSSR count). The Bertz CT molecular complexity index is 1360. The molecule has 8 heteroatoms. The number of anilines is 3. The van der Waals surface area contributed by atoms with E-state index in [1.165, 1.54) is 5.69 Å². The Morgan fingerprint density at radius 1 is 1.08 bits per heavy atom. The summed E-state index contributed by atoms with van der Waals surface area (Å²) < 4.78 is 1.94. The highest BCUT2D eigenvalue weighted by Crippen LogP contribution is 2.24. The van der Waals surface area contributed by atoms with Gasteiger partial charge in [-0.05, 0) is 60.9 Å². The molecule has 8 nitrogen and oxygen atoms in total. The van der Waals surface area contributed by atoms with Crippen molar-refractivity contribution < 1.29 is 9.90 Å². The molecule has 0 aliphatic carbocycles.